The number of unbranched alkanes of at least 4 members (excludes halogenated alkanes) is 3. The van der Waals surface area contributed by atoms with Gasteiger partial charge in [0.1, 0.15) is 0 Å². The molecular weight excluding hydrogens is 250 g/mol. The molecule has 0 aromatic heterocycles. The van der Waals surface area contributed by atoms with E-state index in [0.717, 1.165) is 19.3 Å². The first-order valence-corrected chi connectivity index (χ1v) is 8.15. The standard InChI is InChI=1S/C17H31NO2/c1-5-6-7-8-10-14-13-15(11-9-12-18)20-16(19-14)17(2,3)4/h14-16H,5-11,13H2,1-4H3/t14-,15-,16-/m0/s1. The van der Waals surface area contributed by atoms with E-state index in [2.05, 4.69) is 33.8 Å². The normalized spacial score (nSPS) is 27.2. The van der Waals surface area contributed by atoms with Crippen molar-refractivity contribution >= 4 is 0 Å². The summed E-state index contributed by atoms with van der Waals surface area (Å²) in [5.74, 6) is 0. The second-order valence-corrected chi connectivity index (χ2v) is 7.00. The van der Waals surface area contributed by atoms with Crippen molar-refractivity contribution in [3.05, 3.63) is 0 Å². The summed E-state index contributed by atoms with van der Waals surface area (Å²) in [5, 5.41) is 8.75. The molecule has 3 heteroatoms. The van der Waals surface area contributed by atoms with Gasteiger partial charge < -0.3 is 9.47 Å². The van der Waals surface area contributed by atoms with Crippen molar-refractivity contribution in [3.8, 4) is 6.07 Å². The fourth-order valence-electron chi connectivity index (χ4n) is 2.59. The lowest BCUT2D eigenvalue weighted by atomic mass is 9.93. The Hall–Kier alpha value is -0.590. The van der Waals surface area contributed by atoms with Gasteiger partial charge in [-0.3, -0.25) is 0 Å². The van der Waals surface area contributed by atoms with Crippen molar-refractivity contribution in [3.63, 3.8) is 0 Å². The molecule has 1 rings (SSSR count). The highest BCUT2D eigenvalue weighted by Crippen LogP contribution is 2.33. The number of hydrogen-bond acceptors (Lipinski definition) is 3. The first-order valence-electron chi connectivity index (χ1n) is 8.15. The average molecular weight is 281 g/mol. The quantitative estimate of drug-likeness (QED) is 0.629. The van der Waals surface area contributed by atoms with Crippen LogP contribution in [0.4, 0.5) is 0 Å². The van der Waals surface area contributed by atoms with Crippen LogP contribution in [-0.2, 0) is 9.47 Å². The van der Waals surface area contributed by atoms with Crippen molar-refractivity contribution in [1.82, 2.24) is 0 Å². The van der Waals surface area contributed by atoms with Crippen LogP contribution in [0.5, 0.6) is 0 Å². The molecule has 0 saturated carbocycles. The molecule has 0 N–H and O–H groups in total. The van der Waals surface area contributed by atoms with E-state index in [9.17, 15) is 0 Å². The van der Waals surface area contributed by atoms with E-state index < -0.39 is 0 Å². The highest BCUT2D eigenvalue weighted by molar-refractivity contribution is 4.81. The van der Waals surface area contributed by atoms with Crippen LogP contribution in [0.15, 0.2) is 0 Å². The number of rotatable bonds is 7. The summed E-state index contributed by atoms with van der Waals surface area (Å²) in [7, 11) is 0. The van der Waals surface area contributed by atoms with E-state index in [0.29, 0.717) is 12.5 Å². The van der Waals surface area contributed by atoms with Crippen molar-refractivity contribution < 1.29 is 9.47 Å². The molecule has 1 saturated heterocycles. The van der Waals surface area contributed by atoms with Gasteiger partial charge >= 0.3 is 0 Å². The summed E-state index contributed by atoms with van der Waals surface area (Å²) >= 11 is 0. The summed E-state index contributed by atoms with van der Waals surface area (Å²) in [6.45, 7) is 8.69. The molecule has 20 heavy (non-hydrogen) atoms. The third-order valence-electron chi connectivity index (χ3n) is 3.82. The van der Waals surface area contributed by atoms with Crippen molar-refractivity contribution in [2.24, 2.45) is 5.41 Å². The van der Waals surface area contributed by atoms with Gasteiger partial charge in [0.25, 0.3) is 0 Å². The number of hydrogen-bond donors (Lipinski definition) is 0. The molecule has 0 aromatic rings. The molecule has 1 heterocycles. The van der Waals surface area contributed by atoms with Crippen LogP contribution in [-0.4, -0.2) is 18.5 Å². The fourth-order valence-corrected chi connectivity index (χ4v) is 2.59. The minimum Gasteiger partial charge on any atom is -0.349 e. The molecule has 0 radical (unpaired) electrons. The minimum atomic E-state index is -0.142. The fraction of sp³-hybridized carbons (Fsp3) is 0.941. The van der Waals surface area contributed by atoms with Gasteiger partial charge in [-0.15, -0.1) is 0 Å². The minimum absolute atomic E-state index is 0.00696. The molecule has 1 aliphatic heterocycles. The lowest BCUT2D eigenvalue weighted by Gasteiger charge is -2.41. The molecule has 0 amide bonds. The highest BCUT2D eigenvalue weighted by Gasteiger charge is 2.36. The van der Waals surface area contributed by atoms with Crippen molar-refractivity contribution in [2.75, 3.05) is 0 Å². The SMILES string of the molecule is CCCCCC[C@H]1C[C@H](CCC#N)O[C@@H](C(C)(C)C)O1. The van der Waals surface area contributed by atoms with Gasteiger partial charge in [0.2, 0.25) is 0 Å². The van der Waals surface area contributed by atoms with Crippen LogP contribution in [0.25, 0.3) is 0 Å². The van der Waals surface area contributed by atoms with Gasteiger partial charge in [-0.05, 0) is 12.8 Å². The third-order valence-corrected chi connectivity index (χ3v) is 3.82. The lowest BCUT2D eigenvalue weighted by Crippen LogP contribution is -2.44. The van der Waals surface area contributed by atoms with Crippen LogP contribution in [0.1, 0.15) is 79.1 Å². The Morgan fingerprint density at radius 3 is 2.25 bits per heavy atom. The Balaban J connectivity index is 2.49. The van der Waals surface area contributed by atoms with E-state index in [1.54, 1.807) is 0 Å². The summed E-state index contributed by atoms with van der Waals surface area (Å²) in [5.41, 5.74) is -0.00696. The highest BCUT2D eigenvalue weighted by atomic mass is 16.7. The zero-order chi connectivity index (χ0) is 15.0. The summed E-state index contributed by atoms with van der Waals surface area (Å²) in [6, 6.07) is 2.22. The van der Waals surface area contributed by atoms with Gasteiger partial charge in [-0.1, -0.05) is 53.4 Å². The molecule has 1 fully saturated rings. The Kier molecular flexibility index (Phi) is 7.55. The second-order valence-electron chi connectivity index (χ2n) is 7.00. The summed E-state index contributed by atoms with van der Waals surface area (Å²) in [4.78, 5) is 0. The zero-order valence-electron chi connectivity index (χ0n) is 13.7. The Morgan fingerprint density at radius 1 is 1.05 bits per heavy atom. The molecular formula is C17H31NO2. The number of ether oxygens (including phenoxy) is 2. The summed E-state index contributed by atoms with van der Waals surface area (Å²) in [6.07, 6.45) is 8.92. The Labute approximate surface area is 124 Å². The van der Waals surface area contributed by atoms with Crippen LogP contribution < -0.4 is 0 Å². The average Bonchev–Trinajstić information content (AvgIpc) is 2.40. The lowest BCUT2D eigenvalue weighted by molar-refractivity contribution is -0.280. The maximum Gasteiger partial charge on any atom is 0.163 e. The predicted octanol–water partition coefficient (Wildman–Crippen LogP) is 4.81. The van der Waals surface area contributed by atoms with Crippen LogP contribution in [0.3, 0.4) is 0 Å². The smallest absolute Gasteiger partial charge is 0.163 e. The molecule has 3 atom stereocenters. The van der Waals surface area contributed by atoms with Crippen LogP contribution in [0.2, 0.25) is 0 Å². The monoisotopic (exact) mass is 281 g/mol. The predicted molar refractivity (Wildman–Crippen MR) is 81.2 cm³/mol. The van der Waals surface area contributed by atoms with Crippen molar-refractivity contribution in [2.45, 2.75) is 97.6 Å². The van der Waals surface area contributed by atoms with Gasteiger partial charge in [0, 0.05) is 18.3 Å². The maximum absolute atomic E-state index is 8.75. The molecule has 0 aliphatic carbocycles. The molecule has 1 aliphatic rings. The zero-order valence-corrected chi connectivity index (χ0v) is 13.7. The molecule has 3 nitrogen and oxygen atoms in total. The topological polar surface area (TPSA) is 42.2 Å². The molecule has 116 valence electrons. The largest absolute Gasteiger partial charge is 0.349 e. The van der Waals surface area contributed by atoms with Crippen molar-refractivity contribution in [1.29, 1.82) is 5.26 Å². The van der Waals surface area contributed by atoms with E-state index in [-0.39, 0.29) is 17.8 Å². The van der Waals surface area contributed by atoms with Gasteiger partial charge in [0.05, 0.1) is 18.3 Å². The summed E-state index contributed by atoms with van der Waals surface area (Å²) < 4.78 is 12.2. The van der Waals surface area contributed by atoms with Crippen LogP contribution >= 0.6 is 0 Å². The first-order chi connectivity index (χ1) is 9.47. The van der Waals surface area contributed by atoms with Crippen LogP contribution in [0, 0.1) is 16.7 Å². The first kappa shape index (κ1) is 17.5. The van der Waals surface area contributed by atoms with E-state index in [1.165, 1.54) is 25.7 Å². The van der Waals surface area contributed by atoms with E-state index >= 15 is 0 Å². The maximum atomic E-state index is 8.75. The number of nitrogens with zero attached hydrogens (tertiary/aromatic N) is 1. The number of nitriles is 1. The molecule has 0 spiro atoms. The molecule has 0 bridgehead atoms. The van der Waals surface area contributed by atoms with E-state index in [1.807, 2.05) is 0 Å². The van der Waals surface area contributed by atoms with Gasteiger partial charge in [-0.2, -0.15) is 5.26 Å². The van der Waals surface area contributed by atoms with Gasteiger partial charge in [-0.25, -0.2) is 0 Å². The molecule has 0 aromatic carbocycles. The molecule has 0 unspecified atom stereocenters. The second kappa shape index (κ2) is 8.64. The van der Waals surface area contributed by atoms with E-state index in [4.69, 9.17) is 14.7 Å². The Morgan fingerprint density at radius 2 is 1.70 bits per heavy atom. The van der Waals surface area contributed by atoms with Gasteiger partial charge in [0.15, 0.2) is 6.29 Å². The third kappa shape index (κ3) is 6.24. The Bertz CT molecular complexity index is 303.